The lowest BCUT2D eigenvalue weighted by Gasteiger charge is -2.26. The second-order valence-electron chi connectivity index (χ2n) is 5.16. The number of rotatable bonds is 2. The van der Waals surface area contributed by atoms with Crippen molar-refractivity contribution >= 4 is 11.5 Å². The molecule has 0 saturated carbocycles. The number of pyridine rings is 1. The molecule has 1 fully saturated rings. The van der Waals surface area contributed by atoms with Crippen molar-refractivity contribution in [3.63, 3.8) is 0 Å². The third-order valence-electron chi connectivity index (χ3n) is 3.87. The molecule has 1 unspecified atom stereocenters. The molecule has 1 aliphatic heterocycles. The van der Waals surface area contributed by atoms with Gasteiger partial charge >= 0.3 is 0 Å². The summed E-state index contributed by atoms with van der Waals surface area (Å²) in [5, 5.41) is 0. The van der Waals surface area contributed by atoms with E-state index in [4.69, 9.17) is 5.73 Å². The first-order valence-electron chi connectivity index (χ1n) is 6.79. The summed E-state index contributed by atoms with van der Waals surface area (Å²) in [4.78, 5) is 6.89. The van der Waals surface area contributed by atoms with Crippen LogP contribution in [0.4, 0.5) is 11.5 Å². The Labute approximate surface area is 114 Å². The molecule has 98 valence electrons. The summed E-state index contributed by atoms with van der Waals surface area (Å²) in [5.41, 5.74) is 9.09. The van der Waals surface area contributed by atoms with Crippen LogP contribution in [-0.2, 0) is 0 Å². The van der Waals surface area contributed by atoms with Crippen molar-refractivity contribution in [1.82, 2.24) is 4.98 Å². The van der Waals surface area contributed by atoms with Crippen molar-refractivity contribution in [3.05, 3.63) is 53.7 Å². The Morgan fingerprint density at radius 3 is 2.79 bits per heavy atom. The van der Waals surface area contributed by atoms with E-state index in [1.807, 2.05) is 6.92 Å². The van der Waals surface area contributed by atoms with Crippen LogP contribution in [-0.4, -0.2) is 11.5 Å². The molecule has 2 N–H and O–H groups in total. The van der Waals surface area contributed by atoms with Gasteiger partial charge in [-0.15, -0.1) is 0 Å². The van der Waals surface area contributed by atoms with Crippen molar-refractivity contribution in [1.29, 1.82) is 0 Å². The Hall–Kier alpha value is -2.03. The van der Waals surface area contributed by atoms with Gasteiger partial charge in [0, 0.05) is 6.54 Å². The quantitative estimate of drug-likeness (QED) is 0.892. The van der Waals surface area contributed by atoms with Gasteiger partial charge in [0.15, 0.2) is 0 Å². The van der Waals surface area contributed by atoms with Gasteiger partial charge in [-0.3, -0.25) is 0 Å². The maximum absolute atomic E-state index is 5.85. The molecule has 0 radical (unpaired) electrons. The van der Waals surface area contributed by atoms with Gasteiger partial charge in [-0.1, -0.05) is 30.3 Å². The molecule has 2 heterocycles. The zero-order valence-corrected chi connectivity index (χ0v) is 11.2. The highest BCUT2D eigenvalue weighted by atomic mass is 15.2. The van der Waals surface area contributed by atoms with Gasteiger partial charge in [-0.25, -0.2) is 4.98 Å². The molecule has 0 aliphatic carbocycles. The summed E-state index contributed by atoms with van der Waals surface area (Å²) in [6.45, 7) is 3.10. The summed E-state index contributed by atoms with van der Waals surface area (Å²) >= 11 is 0. The summed E-state index contributed by atoms with van der Waals surface area (Å²) in [6, 6.07) is 13.2. The minimum Gasteiger partial charge on any atom is -0.397 e. The summed E-state index contributed by atoms with van der Waals surface area (Å²) in [6.07, 6.45) is 4.17. The fourth-order valence-electron chi connectivity index (χ4n) is 2.77. The molecule has 1 aromatic carbocycles. The minimum atomic E-state index is 0.441. The van der Waals surface area contributed by atoms with E-state index >= 15 is 0 Å². The lowest BCUT2D eigenvalue weighted by molar-refractivity contribution is 0.711. The zero-order chi connectivity index (χ0) is 13.2. The van der Waals surface area contributed by atoms with Crippen LogP contribution >= 0.6 is 0 Å². The van der Waals surface area contributed by atoms with E-state index in [1.54, 1.807) is 6.20 Å². The lowest BCUT2D eigenvalue weighted by Crippen LogP contribution is -2.23. The Morgan fingerprint density at radius 2 is 2.05 bits per heavy atom. The number of hydrogen-bond acceptors (Lipinski definition) is 3. The van der Waals surface area contributed by atoms with Crippen LogP contribution in [0.15, 0.2) is 42.6 Å². The first-order valence-corrected chi connectivity index (χ1v) is 6.79. The third-order valence-corrected chi connectivity index (χ3v) is 3.87. The number of benzene rings is 1. The second-order valence-corrected chi connectivity index (χ2v) is 5.16. The molecule has 1 aliphatic rings. The van der Waals surface area contributed by atoms with Gasteiger partial charge in [0.25, 0.3) is 0 Å². The highest BCUT2D eigenvalue weighted by molar-refractivity contribution is 5.53. The van der Waals surface area contributed by atoms with Gasteiger partial charge < -0.3 is 10.6 Å². The zero-order valence-electron chi connectivity index (χ0n) is 11.2. The number of aryl methyl sites for hydroxylation is 1. The maximum Gasteiger partial charge on any atom is 0.129 e. The van der Waals surface area contributed by atoms with E-state index in [0.29, 0.717) is 6.04 Å². The largest absolute Gasteiger partial charge is 0.397 e. The van der Waals surface area contributed by atoms with E-state index in [2.05, 4.69) is 46.3 Å². The minimum absolute atomic E-state index is 0.441. The lowest BCUT2D eigenvalue weighted by atomic mass is 10.0. The van der Waals surface area contributed by atoms with Crippen LogP contribution in [0.5, 0.6) is 0 Å². The Morgan fingerprint density at radius 1 is 1.26 bits per heavy atom. The molecule has 3 rings (SSSR count). The average molecular weight is 253 g/mol. The molecule has 3 nitrogen and oxygen atoms in total. The molecule has 1 aromatic heterocycles. The number of aromatic nitrogens is 1. The molecule has 1 saturated heterocycles. The van der Waals surface area contributed by atoms with E-state index in [-0.39, 0.29) is 0 Å². The maximum atomic E-state index is 5.85. The Bertz CT molecular complexity index is 565. The van der Waals surface area contributed by atoms with Crippen LogP contribution in [0.25, 0.3) is 0 Å². The van der Waals surface area contributed by atoms with Gasteiger partial charge in [-0.05, 0) is 37.0 Å². The molecule has 2 aromatic rings. The van der Waals surface area contributed by atoms with E-state index in [9.17, 15) is 0 Å². The van der Waals surface area contributed by atoms with E-state index < -0.39 is 0 Å². The summed E-state index contributed by atoms with van der Waals surface area (Å²) in [7, 11) is 0. The SMILES string of the molecule is Cc1cc(N2CCCC2c2ccccc2)ncc1N. The molecule has 1 atom stereocenters. The third kappa shape index (κ3) is 2.28. The fourth-order valence-corrected chi connectivity index (χ4v) is 2.77. The molecular weight excluding hydrogens is 234 g/mol. The number of nitrogens with zero attached hydrogens (tertiary/aromatic N) is 2. The topological polar surface area (TPSA) is 42.2 Å². The van der Waals surface area contributed by atoms with Crippen LogP contribution in [0, 0.1) is 6.92 Å². The van der Waals surface area contributed by atoms with Crippen molar-refractivity contribution < 1.29 is 0 Å². The van der Waals surface area contributed by atoms with E-state index in [1.165, 1.54) is 18.4 Å². The Kier molecular flexibility index (Phi) is 3.11. The predicted molar refractivity (Wildman–Crippen MR) is 79.1 cm³/mol. The van der Waals surface area contributed by atoms with E-state index in [0.717, 1.165) is 23.6 Å². The smallest absolute Gasteiger partial charge is 0.129 e. The van der Waals surface area contributed by atoms with Crippen molar-refractivity contribution in [3.8, 4) is 0 Å². The molecule has 0 amide bonds. The highest BCUT2D eigenvalue weighted by Gasteiger charge is 2.26. The summed E-state index contributed by atoms with van der Waals surface area (Å²) in [5.74, 6) is 1.04. The number of hydrogen-bond donors (Lipinski definition) is 1. The highest BCUT2D eigenvalue weighted by Crippen LogP contribution is 2.35. The molecule has 19 heavy (non-hydrogen) atoms. The van der Waals surface area contributed by atoms with Gasteiger partial charge in [0.1, 0.15) is 5.82 Å². The van der Waals surface area contributed by atoms with Gasteiger partial charge in [0.05, 0.1) is 17.9 Å². The van der Waals surface area contributed by atoms with Crippen molar-refractivity contribution in [2.45, 2.75) is 25.8 Å². The molecule has 3 heteroatoms. The number of nitrogen functional groups attached to an aromatic ring is 1. The fraction of sp³-hybridized carbons (Fsp3) is 0.312. The molecule has 0 bridgehead atoms. The van der Waals surface area contributed by atoms with Crippen LogP contribution < -0.4 is 10.6 Å². The number of nitrogens with two attached hydrogens (primary N) is 1. The first kappa shape index (κ1) is 12.0. The van der Waals surface area contributed by atoms with Crippen molar-refractivity contribution in [2.75, 3.05) is 17.2 Å². The molecular formula is C16H19N3. The van der Waals surface area contributed by atoms with Crippen LogP contribution in [0.2, 0.25) is 0 Å². The standard InChI is InChI=1S/C16H19N3/c1-12-10-16(18-11-14(12)17)19-9-5-8-15(19)13-6-3-2-4-7-13/h2-4,6-7,10-11,15H,5,8-9,17H2,1H3. The van der Waals surface area contributed by atoms with Gasteiger partial charge in [0.2, 0.25) is 0 Å². The first-order chi connectivity index (χ1) is 9.25. The Balaban J connectivity index is 1.93. The normalized spacial score (nSPS) is 18.8. The second kappa shape index (κ2) is 4.92. The van der Waals surface area contributed by atoms with Crippen LogP contribution in [0.3, 0.4) is 0 Å². The number of anilines is 2. The van der Waals surface area contributed by atoms with Crippen molar-refractivity contribution in [2.24, 2.45) is 0 Å². The van der Waals surface area contributed by atoms with Crippen LogP contribution in [0.1, 0.15) is 30.0 Å². The predicted octanol–water partition coefficient (Wildman–Crippen LogP) is 3.31. The van der Waals surface area contributed by atoms with Gasteiger partial charge in [-0.2, -0.15) is 0 Å². The average Bonchev–Trinajstić information content (AvgIpc) is 2.92. The monoisotopic (exact) mass is 253 g/mol. The summed E-state index contributed by atoms with van der Waals surface area (Å²) < 4.78 is 0. The molecule has 0 spiro atoms.